The Morgan fingerprint density at radius 3 is 2.33 bits per heavy atom. The van der Waals surface area contributed by atoms with Crippen LogP contribution < -0.4 is 33.2 Å². The van der Waals surface area contributed by atoms with Gasteiger partial charge >= 0.3 is 5.97 Å². The molecule has 0 aliphatic heterocycles. The van der Waals surface area contributed by atoms with Gasteiger partial charge in [-0.3, -0.25) is 19.4 Å². The van der Waals surface area contributed by atoms with Crippen LogP contribution in [0.25, 0.3) is 0 Å². The minimum Gasteiger partial charge on any atom is -0.480 e. The van der Waals surface area contributed by atoms with Crippen molar-refractivity contribution < 1.29 is 24.3 Å². The van der Waals surface area contributed by atoms with Gasteiger partial charge in [-0.1, -0.05) is 20.3 Å². The van der Waals surface area contributed by atoms with E-state index >= 15 is 0 Å². The Bertz CT molecular complexity index is 892. The van der Waals surface area contributed by atoms with Crippen LogP contribution in [0.3, 0.4) is 0 Å². The molecule has 15 heteroatoms. The number of imidazole rings is 1. The minimum atomic E-state index is -1.26. The van der Waals surface area contributed by atoms with E-state index in [4.69, 9.17) is 17.2 Å². The van der Waals surface area contributed by atoms with Gasteiger partial charge in [-0.15, -0.1) is 0 Å². The van der Waals surface area contributed by atoms with E-state index in [1.54, 1.807) is 13.1 Å². The molecule has 3 amide bonds. The lowest BCUT2D eigenvalue weighted by atomic mass is 9.97. The van der Waals surface area contributed by atoms with E-state index in [1.807, 2.05) is 6.92 Å². The summed E-state index contributed by atoms with van der Waals surface area (Å²) < 4.78 is 0. The number of H-pyrrole nitrogens is 1. The van der Waals surface area contributed by atoms with Crippen LogP contribution in [0.4, 0.5) is 0 Å². The highest BCUT2D eigenvalue weighted by Crippen LogP contribution is 2.10. The minimum absolute atomic E-state index is 0.118. The molecule has 0 aliphatic carbocycles. The Balaban J connectivity index is 2.98. The maximum Gasteiger partial charge on any atom is 0.327 e. The van der Waals surface area contributed by atoms with Gasteiger partial charge < -0.3 is 43.2 Å². The van der Waals surface area contributed by atoms with Crippen LogP contribution in [0.15, 0.2) is 17.5 Å². The van der Waals surface area contributed by atoms with Gasteiger partial charge in [-0.25, -0.2) is 9.78 Å². The number of nitrogens with zero attached hydrogens (tertiary/aromatic N) is 2. The number of guanidine groups is 1. The summed E-state index contributed by atoms with van der Waals surface area (Å²) in [6, 6.07) is -4.27. The van der Waals surface area contributed by atoms with E-state index in [0.717, 1.165) is 0 Å². The van der Waals surface area contributed by atoms with Crippen LogP contribution in [0.1, 0.15) is 38.8 Å². The molecule has 0 fully saturated rings. The molecule has 202 valence electrons. The summed E-state index contributed by atoms with van der Waals surface area (Å²) in [6.45, 7) is 3.83. The van der Waals surface area contributed by atoms with Crippen molar-refractivity contribution in [2.45, 2.75) is 63.7 Å². The van der Waals surface area contributed by atoms with Crippen molar-refractivity contribution in [3.8, 4) is 0 Å². The number of aromatic nitrogens is 2. The second-order valence-electron chi connectivity index (χ2n) is 8.35. The number of carbonyl (C=O) groups is 4. The molecule has 5 atom stereocenters. The first kappa shape index (κ1) is 30.7. The van der Waals surface area contributed by atoms with Gasteiger partial charge in [0.05, 0.1) is 12.4 Å². The number of amides is 3. The summed E-state index contributed by atoms with van der Waals surface area (Å²) in [5, 5.41) is 16.9. The van der Waals surface area contributed by atoms with Crippen molar-refractivity contribution in [1.82, 2.24) is 25.9 Å². The van der Waals surface area contributed by atoms with Crippen molar-refractivity contribution in [3.63, 3.8) is 0 Å². The van der Waals surface area contributed by atoms with Crippen LogP contribution in [0.2, 0.25) is 0 Å². The molecule has 5 unspecified atom stereocenters. The van der Waals surface area contributed by atoms with E-state index < -0.39 is 47.9 Å². The number of hydrogen-bond acceptors (Lipinski definition) is 8. The first-order valence-electron chi connectivity index (χ1n) is 11.5. The number of thiol groups is 1. The third-order valence-electron chi connectivity index (χ3n) is 5.50. The lowest BCUT2D eigenvalue weighted by molar-refractivity contribution is -0.141. The van der Waals surface area contributed by atoms with E-state index in [9.17, 15) is 24.3 Å². The van der Waals surface area contributed by atoms with Crippen LogP contribution >= 0.6 is 12.6 Å². The topological polar surface area (TPSA) is 244 Å². The summed E-state index contributed by atoms with van der Waals surface area (Å²) in [6.07, 6.45) is 4.20. The Labute approximate surface area is 215 Å². The van der Waals surface area contributed by atoms with E-state index in [2.05, 4.69) is 43.5 Å². The second-order valence-corrected chi connectivity index (χ2v) is 8.72. The van der Waals surface area contributed by atoms with Gasteiger partial charge in [0.25, 0.3) is 0 Å². The maximum atomic E-state index is 13.2. The maximum absolute atomic E-state index is 13.2. The van der Waals surface area contributed by atoms with Gasteiger partial charge in [-0.05, 0) is 18.8 Å². The van der Waals surface area contributed by atoms with Crippen molar-refractivity contribution in [2.75, 3.05) is 12.3 Å². The number of carboxylic acid groups (broad SMARTS) is 1. The standard InChI is InChI=1S/C21H37N9O5S/c1-3-11(2)16(30-17(31)13(22)7-12-8-25-10-27-12)19(33)28-14(5-4-6-26-21(23)24)18(32)29-15(9-36)20(34)35/h8,10-11,13-16,36H,3-7,9,22H2,1-2H3,(H,25,27)(H,28,33)(H,29,32)(H,30,31)(H,34,35)(H4,23,24,26). The molecule has 0 aromatic carbocycles. The summed E-state index contributed by atoms with van der Waals surface area (Å²) >= 11 is 3.94. The van der Waals surface area contributed by atoms with E-state index in [-0.39, 0.29) is 37.0 Å². The molecule has 1 aromatic rings. The zero-order valence-corrected chi connectivity index (χ0v) is 21.3. The van der Waals surface area contributed by atoms with Gasteiger partial charge in [0, 0.05) is 30.6 Å². The van der Waals surface area contributed by atoms with Crippen molar-refractivity contribution in [1.29, 1.82) is 0 Å². The second kappa shape index (κ2) is 15.6. The monoisotopic (exact) mass is 527 g/mol. The SMILES string of the molecule is CCC(C)C(NC(=O)C(N)Cc1cnc[nH]1)C(=O)NC(CCCN=C(N)N)C(=O)NC(CS)C(=O)O. The molecular weight excluding hydrogens is 490 g/mol. The summed E-state index contributed by atoms with van der Waals surface area (Å²) in [5.41, 5.74) is 17.3. The van der Waals surface area contributed by atoms with Crippen molar-refractivity contribution in [3.05, 3.63) is 18.2 Å². The molecule has 0 saturated carbocycles. The molecule has 36 heavy (non-hydrogen) atoms. The zero-order chi connectivity index (χ0) is 27.3. The molecule has 0 radical (unpaired) electrons. The summed E-state index contributed by atoms with van der Waals surface area (Å²) in [5.74, 6) is -3.67. The number of aliphatic imine (C=N–C) groups is 1. The molecular formula is C21H37N9O5S. The molecule has 1 heterocycles. The molecule has 0 spiro atoms. The summed E-state index contributed by atoms with van der Waals surface area (Å²) in [7, 11) is 0. The number of carboxylic acids is 1. The lowest BCUT2D eigenvalue weighted by Gasteiger charge is -2.28. The summed E-state index contributed by atoms with van der Waals surface area (Å²) in [4.78, 5) is 60.7. The number of aromatic amines is 1. The molecule has 1 rings (SSSR count). The smallest absolute Gasteiger partial charge is 0.327 e. The number of aliphatic carboxylic acids is 1. The molecule has 0 saturated heterocycles. The number of hydrogen-bond donors (Lipinski definition) is 9. The molecule has 11 N–H and O–H groups in total. The fourth-order valence-electron chi connectivity index (χ4n) is 3.18. The molecule has 0 bridgehead atoms. The third kappa shape index (κ3) is 10.5. The lowest BCUT2D eigenvalue weighted by Crippen LogP contribution is -2.59. The van der Waals surface area contributed by atoms with Crippen molar-refractivity contribution in [2.24, 2.45) is 28.1 Å². The highest BCUT2D eigenvalue weighted by Gasteiger charge is 2.32. The normalized spacial score (nSPS) is 15.0. The highest BCUT2D eigenvalue weighted by molar-refractivity contribution is 7.80. The van der Waals surface area contributed by atoms with Crippen LogP contribution in [0, 0.1) is 5.92 Å². The van der Waals surface area contributed by atoms with Gasteiger partial charge in [-0.2, -0.15) is 12.6 Å². The fourth-order valence-corrected chi connectivity index (χ4v) is 3.43. The Hall–Kier alpha value is -3.33. The van der Waals surface area contributed by atoms with E-state index in [1.165, 1.54) is 6.33 Å². The van der Waals surface area contributed by atoms with Gasteiger partial charge in [0.15, 0.2) is 5.96 Å². The first-order chi connectivity index (χ1) is 17.0. The molecule has 0 aliphatic rings. The Kier molecular flexibility index (Phi) is 13.3. The third-order valence-corrected chi connectivity index (χ3v) is 5.87. The molecule has 1 aromatic heterocycles. The Morgan fingerprint density at radius 1 is 1.14 bits per heavy atom. The zero-order valence-electron chi connectivity index (χ0n) is 20.4. The quantitative estimate of drug-likeness (QED) is 0.0491. The largest absolute Gasteiger partial charge is 0.480 e. The molecule has 14 nitrogen and oxygen atoms in total. The van der Waals surface area contributed by atoms with Crippen molar-refractivity contribution >= 4 is 42.3 Å². The number of rotatable bonds is 16. The van der Waals surface area contributed by atoms with Crippen LogP contribution in [-0.4, -0.2) is 81.2 Å². The predicted molar refractivity (Wildman–Crippen MR) is 137 cm³/mol. The van der Waals surface area contributed by atoms with Crippen LogP contribution in [0.5, 0.6) is 0 Å². The predicted octanol–water partition coefficient (Wildman–Crippen LogP) is -2.15. The average Bonchev–Trinajstić information content (AvgIpc) is 3.34. The fraction of sp³-hybridized carbons (Fsp3) is 0.619. The number of carbonyl (C=O) groups excluding carboxylic acids is 3. The van der Waals surface area contributed by atoms with Gasteiger partial charge in [0.2, 0.25) is 17.7 Å². The average molecular weight is 528 g/mol. The highest BCUT2D eigenvalue weighted by atomic mass is 32.1. The first-order valence-corrected chi connectivity index (χ1v) is 12.2. The number of nitrogens with one attached hydrogen (secondary N) is 4. The number of nitrogens with two attached hydrogens (primary N) is 3. The van der Waals surface area contributed by atoms with E-state index in [0.29, 0.717) is 18.5 Å². The Morgan fingerprint density at radius 2 is 1.81 bits per heavy atom. The van der Waals surface area contributed by atoms with Crippen LogP contribution in [-0.2, 0) is 25.6 Å². The van der Waals surface area contributed by atoms with Gasteiger partial charge in [0.1, 0.15) is 18.1 Å².